The van der Waals surface area contributed by atoms with Crippen LogP contribution in [0.2, 0.25) is 0 Å². The fourth-order valence-corrected chi connectivity index (χ4v) is 0.267. The maximum Gasteiger partial charge on any atom is 0.456 e. The van der Waals surface area contributed by atoms with Crippen LogP contribution in [0.3, 0.4) is 0 Å². The van der Waals surface area contributed by atoms with Gasteiger partial charge in [-0.15, -0.1) is 0 Å². The standard InChI is InChI=1S/C3HN2O3/c6-5(7)3-1-2-4-8-3/h1H. The molecule has 1 radical (unpaired) electrons. The van der Waals surface area contributed by atoms with Gasteiger partial charge in [-0.25, -0.2) is 0 Å². The van der Waals surface area contributed by atoms with Crippen molar-refractivity contribution in [2.75, 3.05) is 0 Å². The predicted octanol–water partition coefficient (Wildman–Crippen LogP) is 0.383. The Hall–Kier alpha value is -1.39. The number of hydrogen-bond acceptors (Lipinski definition) is 4. The Labute approximate surface area is 44.0 Å². The lowest BCUT2D eigenvalue weighted by molar-refractivity contribution is -0.404. The molecular formula is C3HN2O3. The van der Waals surface area contributed by atoms with Crippen molar-refractivity contribution in [3.63, 3.8) is 0 Å². The average molecular weight is 113 g/mol. The Kier molecular flexibility index (Phi) is 0.957. The molecule has 5 nitrogen and oxygen atoms in total. The lowest BCUT2D eigenvalue weighted by atomic mass is 10.7. The zero-order chi connectivity index (χ0) is 5.98. The molecule has 1 aromatic heterocycles. The molecule has 1 aromatic rings. The molecule has 0 atom stereocenters. The Morgan fingerprint density at radius 1 is 2.00 bits per heavy atom. The maximum atomic E-state index is 9.71. The van der Waals surface area contributed by atoms with E-state index < -0.39 is 4.92 Å². The van der Waals surface area contributed by atoms with Crippen molar-refractivity contribution in [3.8, 4) is 0 Å². The summed E-state index contributed by atoms with van der Waals surface area (Å²) >= 11 is 0. The fraction of sp³-hybridized carbons (Fsp3) is 0. The molecule has 0 bridgehead atoms. The van der Waals surface area contributed by atoms with Crippen molar-refractivity contribution in [3.05, 3.63) is 22.4 Å². The molecule has 0 aliphatic carbocycles. The van der Waals surface area contributed by atoms with Gasteiger partial charge in [0.2, 0.25) is 0 Å². The van der Waals surface area contributed by atoms with Crippen LogP contribution in [0, 0.1) is 16.3 Å². The van der Waals surface area contributed by atoms with Gasteiger partial charge in [0.05, 0.1) is 6.07 Å². The zero-order valence-electron chi connectivity index (χ0n) is 3.70. The fourth-order valence-electron chi connectivity index (χ4n) is 0.267. The molecule has 0 unspecified atom stereocenters. The number of hydrogen-bond donors (Lipinski definition) is 0. The van der Waals surface area contributed by atoms with E-state index in [0.29, 0.717) is 0 Å². The quantitative estimate of drug-likeness (QED) is 0.390. The van der Waals surface area contributed by atoms with E-state index in [1.54, 1.807) is 0 Å². The third-order valence-electron chi connectivity index (χ3n) is 0.560. The van der Waals surface area contributed by atoms with E-state index in [1.165, 1.54) is 0 Å². The summed E-state index contributed by atoms with van der Waals surface area (Å²) in [7, 11) is 0. The highest BCUT2D eigenvalue weighted by Crippen LogP contribution is 2.04. The second kappa shape index (κ2) is 1.61. The van der Waals surface area contributed by atoms with Gasteiger partial charge in [-0.3, -0.25) is 14.6 Å². The molecule has 0 saturated heterocycles. The molecule has 0 aliphatic rings. The van der Waals surface area contributed by atoms with Crippen LogP contribution < -0.4 is 0 Å². The molecule has 8 heavy (non-hydrogen) atoms. The summed E-state index contributed by atoms with van der Waals surface area (Å²) in [5.41, 5.74) is 0. The molecule has 0 fully saturated rings. The highest BCUT2D eigenvalue weighted by molar-refractivity contribution is 5.06. The minimum Gasteiger partial charge on any atom is -0.288 e. The van der Waals surface area contributed by atoms with Gasteiger partial charge >= 0.3 is 5.88 Å². The highest BCUT2D eigenvalue weighted by Gasteiger charge is 2.06. The van der Waals surface area contributed by atoms with Crippen LogP contribution in [0.1, 0.15) is 0 Å². The summed E-state index contributed by atoms with van der Waals surface area (Å²) in [5, 5.41) is 12.7. The first kappa shape index (κ1) is 4.76. The molecule has 41 valence electrons. The van der Waals surface area contributed by atoms with Crippen LogP contribution in [0.5, 0.6) is 0 Å². The van der Waals surface area contributed by atoms with E-state index in [1.807, 2.05) is 0 Å². The number of aromatic nitrogens is 1. The predicted molar refractivity (Wildman–Crippen MR) is 22.0 cm³/mol. The minimum atomic E-state index is -0.677. The zero-order valence-corrected chi connectivity index (χ0v) is 3.70. The SMILES string of the molecule is O=[N+]([O-])c1c[c]no1. The normalized spacial score (nSPS) is 9.00. The Balaban J connectivity index is 2.93. The van der Waals surface area contributed by atoms with Crippen molar-refractivity contribution in [1.29, 1.82) is 0 Å². The van der Waals surface area contributed by atoms with Crippen LogP contribution in [0.25, 0.3) is 0 Å². The molecule has 0 amide bonds. The lowest BCUT2D eigenvalue weighted by Crippen LogP contribution is -1.82. The maximum absolute atomic E-state index is 9.71. The van der Waals surface area contributed by atoms with E-state index >= 15 is 0 Å². The summed E-state index contributed by atoms with van der Waals surface area (Å²) in [6.45, 7) is 0. The number of nitro groups is 1. The van der Waals surface area contributed by atoms with E-state index in [0.717, 1.165) is 6.07 Å². The summed E-state index contributed by atoms with van der Waals surface area (Å²) in [6.07, 6.45) is 2.15. The second-order valence-electron chi connectivity index (χ2n) is 1.05. The van der Waals surface area contributed by atoms with Crippen LogP contribution in [-0.4, -0.2) is 10.1 Å². The molecule has 0 aromatic carbocycles. The van der Waals surface area contributed by atoms with Gasteiger partial charge in [0, 0.05) is 0 Å². The van der Waals surface area contributed by atoms with E-state index in [4.69, 9.17) is 0 Å². The summed E-state index contributed by atoms with van der Waals surface area (Å²) in [5.74, 6) is -0.384. The van der Waals surface area contributed by atoms with E-state index in [9.17, 15) is 10.1 Å². The van der Waals surface area contributed by atoms with Gasteiger partial charge < -0.3 is 0 Å². The first-order valence-electron chi connectivity index (χ1n) is 1.78. The molecule has 0 spiro atoms. The lowest BCUT2D eigenvalue weighted by Gasteiger charge is -1.74. The van der Waals surface area contributed by atoms with Crippen LogP contribution in [-0.2, 0) is 0 Å². The van der Waals surface area contributed by atoms with Gasteiger partial charge in [-0.1, -0.05) is 5.16 Å². The van der Waals surface area contributed by atoms with Gasteiger partial charge in [0.25, 0.3) is 0 Å². The van der Waals surface area contributed by atoms with E-state index in [2.05, 4.69) is 15.9 Å². The largest absolute Gasteiger partial charge is 0.456 e. The Morgan fingerprint density at radius 2 is 2.75 bits per heavy atom. The molecule has 1 heterocycles. The second-order valence-corrected chi connectivity index (χ2v) is 1.05. The summed E-state index contributed by atoms with van der Waals surface area (Å²) in [4.78, 5) is 9.04. The minimum absolute atomic E-state index is 0.384. The molecular weight excluding hydrogens is 112 g/mol. The van der Waals surface area contributed by atoms with Crippen LogP contribution in [0.4, 0.5) is 5.88 Å². The Morgan fingerprint density at radius 3 is 3.00 bits per heavy atom. The van der Waals surface area contributed by atoms with Crippen LogP contribution >= 0.6 is 0 Å². The van der Waals surface area contributed by atoms with Gasteiger partial charge in [0.1, 0.15) is 11.1 Å². The molecule has 5 heteroatoms. The Bertz CT molecular complexity index is 180. The van der Waals surface area contributed by atoms with Gasteiger partial charge in [-0.2, -0.15) is 0 Å². The topological polar surface area (TPSA) is 69.2 Å². The van der Waals surface area contributed by atoms with Gasteiger partial charge in [-0.05, 0) is 0 Å². The molecule has 0 N–H and O–H groups in total. The molecule has 1 rings (SSSR count). The first-order chi connectivity index (χ1) is 3.80. The summed E-state index contributed by atoms with van der Waals surface area (Å²) in [6, 6.07) is 1.06. The molecule has 0 aliphatic heterocycles. The van der Waals surface area contributed by atoms with Crippen molar-refractivity contribution < 1.29 is 9.45 Å². The smallest absolute Gasteiger partial charge is 0.288 e. The van der Waals surface area contributed by atoms with Gasteiger partial charge in [0.15, 0.2) is 0 Å². The third kappa shape index (κ3) is 0.651. The van der Waals surface area contributed by atoms with Crippen molar-refractivity contribution >= 4 is 5.88 Å². The first-order valence-corrected chi connectivity index (χ1v) is 1.78. The number of nitrogens with zero attached hydrogens (tertiary/aromatic N) is 2. The van der Waals surface area contributed by atoms with E-state index in [-0.39, 0.29) is 5.88 Å². The average Bonchev–Trinajstić information content (AvgIpc) is 2.12. The van der Waals surface area contributed by atoms with Crippen molar-refractivity contribution in [2.45, 2.75) is 0 Å². The third-order valence-corrected chi connectivity index (χ3v) is 0.560. The van der Waals surface area contributed by atoms with Crippen molar-refractivity contribution in [1.82, 2.24) is 5.16 Å². The summed E-state index contributed by atoms with van der Waals surface area (Å²) < 4.78 is 4.09. The van der Waals surface area contributed by atoms with Crippen LogP contribution in [0.15, 0.2) is 10.6 Å². The number of rotatable bonds is 1. The highest BCUT2D eigenvalue weighted by atomic mass is 16.7. The van der Waals surface area contributed by atoms with Crippen molar-refractivity contribution in [2.24, 2.45) is 0 Å². The molecule has 0 saturated carbocycles. The monoisotopic (exact) mass is 113 g/mol.